The fourth-order valence-electron chi connectivity index (χ4n) is 0.562. The van der Waals surface area contributed by atoms with Crippen molar-refractivity contribution in [2.75, 3.05) is 6.61 Å². The summed E-state index contributed by atoms with van der Waals surface area (Å²) in [7, 11) is 0. The van der Waals surface area contributed by atoms with Crippen LogP contribution in [0.3, 0.4) is 0 Å². The Morgan fingerprint density at radius 2 is 1.78 bits per heavy atom. The zero-order valence-electron chi connectivity index (χ0n) is 6.28. The average molecular weight is 314 g/mol. The third kappa shape index (κ3) is 5.16. The van der Waals surface area contributed by atoms with Crippen molar-refractivity contribution >= 4 is 0 Å². The van der Waals surface area contributed by atoms with Crippen LogP contribution in [0, 0.1) is 0 Å². The maximum atomic E-state index is 8.53. The maximum absolute atomic E-state index is 8.53. The minimum atomic E-state index is -0.451. The molecule has 0 rings (SSSR count). The van der Waals surface area contributed by atoms with Crippen molar-refractivity contribution in [3.05, 3.63) is 0 Å². The van der Waals surface area contributed by atoms with E-state index in [-0.39, 0.29) is 0 Å². The number of aliphatic hydroxyl groups excluding tert-OH is 1. The van der Waals surface area contributed by atoms with E-state index in [0.29, 0.717) is 6.61 Å². The molecular weight excluding hydrogens is 297 g/mol. The summed E-state index contributed by atoms with van der Waals surface area (Å²) in [5, 5.41) is 8.53. The van der Waals surface area contributed by atoms with E-state index in [1.165, 1.54) is 13.9 Å². The predicted octanol–water partition coefficient (Wildman–Crippen LogP) is 2.28. The van der Waals surface area contributed by atoms with Gasteiger partial charge in [-0.3, -0.25) is 0 Å². The van der Waals surface area contributed by atoms with Crippen LogP contribution in [-0.4, -0.2) is 11.7 Å². The normalized spacial score (nSPS) is 11.7. The molecule has 0 atom stereocenters. The molecule has 0 spiro atoms. The van der Waals surface area contributed by atoms with E-state index in [0.717, 1.165) is 6.42 Å². The van der Waals surface area contributed by atoms with Crippen LogP contribution < -0.4 is 0 Å². The summed E-state index contributed by atoms with van der Waals surface area (Å²) >= 11 is -0.451. The van der Waals surface area contributed by atoms with Crippen molar-refractivity contribution in [3.63, 3.8) is 0 Å². The van der Waals surface area contributed by atoms with Gasteiger partial charge in [0, 0.05) is 0 Å². The first-order valence-electron chi connectivity index (χ1n) is 3.37. The summed E-state index contributed by atoms with van der Waals surface area (Å²) in [5.74, 6) is 0. The molecule has 2 heteroatoms. The Labute approximate surface area is 64.6 Å². The second kappa shape index (κ2) is 6.82. The summed E-state index contributed by atoms with van der Waals surface area (Å²) in [6.07, 6.45) is 1.04. The van der Waals surface area contributed by atoms with Gasteiger partial charge >= 0.3 is 64.3 Å². The number of aliphatic hydroxyl groups is 1. The molecule has 1 N–H and O–H groups in total. The first-order valence-corrected chi connectivity index (χ1v) is 7.97. The molecule has 0 aliphatic carbocycles. The third-order valence-electron chi connectivity index (χ3n) is 1.08. The predicted molar refractivity (Wildman–Crippen MR) is 37.5 cm³/mol. The van der Waals surface area contributed by atoms with Gasteiger partial charge in [-0.2, -0.15) is 0 Å². The molecule has 9 heavy (non-hydrogen) atoms. The molecule has 0 aromatic heterocycles. The van der Waals surface area contributed by atoms with Crippen LogP contribution in [0.1, 0.15) is 20.3 Å². The van der Waals surface area contributed by atoms with E-state index >= 15 is 0 Å². The Kier molecular flexibility index (Phi) is 7.35. The molecule has 0 aliphatic rings. The fourth-order valence-corrected chi connectivity index (χ4v) is 4.60. The molecule has 0 aromatic carbocycles. The van der Waals surface area contributed by atoms with Crippen molar-refractivity contribution in [1.29, 1.82) is 0 Å². The second-order valence-corrected chi connectivity index (χ2v) is 9.00. The van der Waals surface area contributed by atoms with E-state index in [2.05, 4.69) is 13.8 Å². The van der Waals surface area contributed by atoms with Gasteiger partial charge in [-0.1, -0.05) is 0 Å². The van der Waals surface area contributed by atoms with Gasteiger partial charge in [0.15, 0.2) is 0 Å². The molecule has 0 saturated heterocycles. The summed E-state index contributed by atoms with van der Waals surface area (Å²) < 4.78 is 4.16. The molecule has 0 radical (unpaired) electrons. The Morgan fingerprint density at radius 1 is 1.22 bits per heavy atom. The van der Waals surface area contributed by atoms with Gasteiger partial charge < -0.3 is 0 Å². The van der Waals surface area contributed by atoms with Crippen molar-refractivity contribution < 1.29 is 23.5 Å². The van der Waals surface area contributed by atoms with Crippen LogP contribution in [0.15, 0.2) is 0 Å². The second-order valence-electron chi connectivity index (χ2n) is 1.61. The number of rotatable bonds is 5. The summed E-state index contributed by atoms with van der Waals surface area (Å²) in [6.45, 7) is 4.95. The minimum absolute atomic E-state index is 0.395. The molecule has 62 valence electrons. The standard InChI is InChI=1S/C3H7O.2C2H5.Au/c1-2-3-4;2*1-2;/h4H,1-3H2;2*1H2,2H3;. The molecule has 0 unspecified atom stereocenters. The third-order valence-corrected chi connectivity index (χ3v) is 7.71. The van der Waals surface area contributed by atoms with Gasteiger partial charge in [0.2, 0.25) is 0 Å². The number of hydrogen-bond donors (Lipinski definition) is 1. The van der Waals surface area contributed by atoms with E-state index in [1.54, 1.807) is 0 Å². The van der Waals surface area contributed by atoms with E-state index in [9.17, 15) is 0 Å². The van der Waals surface area contributed by atoms with Gasteiger partial charge in [-0.05, 0) is 0 Å². The molecule has 1 nitrogen and oxygen atoms in total. The van der Waals surface area contributed by atoms with Crippen LogP contribution in [0.2, 0.25) is 13.9 Å². The van der Waals surface area contributed by atoms with Crippen LogP contribution in [-0.2, 0) is 18.4 Å². The molecule has 0 amide bonds. The molecule has 0 aromatic rings. The molecule has 0 heterocycles. The summed E-state index contributed by atoms with van der Waals surface area (Å²) in [4.78, 5) is 0. The Balaban J connectivity index is 3.09. The summed E-state index contributed by atoms with van der Waals surface area (Å²) in [6, 6.07) is 0. The molecular formula is C7H17AuO. The molecule has 0 saturated carbocycles. The van der Waals surface area contributed by atoms with Gasteiger partial charge in [0.25, 0.3) is 0 Å². The van der Waals surface area contributed by atoms with Crippen molar-refractivity contribution in [2.45, 2.75) is 34.2 Å². The topological polar surface area (TPSA) is 20.2 Å². The van der Waals surface area contributed by atoms with Gasteiger partial charge in [-0.25, -0.2) is 0 Å². The molecule has 0 aliphatic heterocycles. The Bertz CT molecular complexity index is 52.9. The van der Waals surface area contributed by atoms with E-state index in [4.69, 9.17) is 5.11 Å². The average Bonchev–Trinajstić information content (AvgIpc) is 1.91. The van der Waals surface area contributed by atoms with Crippen LogP contribution >= 0.6 is 0 Å². The monoisotopic (exact) mass is 314 g/mol. The summed E-state index contributed by atoms with van der Waals surface area (Å²) in [5.41, 5.74) is 0. The fraction of sp³-hybridized carbons (Fsp3) is 1.00. The van der Waals surface area contributed by atoms with Crippen LogP contribution in [0.5, 0.6) is 0 Å². The zero-order chi connectivity index (χ0) is 7.11. The SMILES string of the molecule is C[CH2][Au]([CH2]C)[CH2]CCO. The van der Waals surface area contributed by atoms with Gasteiger partial charge in [0.1, 0.15) is 0 Å². The quantitative estimate of drug-likeness (QED) is 0.772. The van der Waals surface area contributed by atoms with E-state index < -0.39 is 18.4 Å². The Morgan fingerprint density at radius 3 is 2.11 bits per heavy atom. The van der Waals surface area contributed by atoms with Gasteiger partial charge in [0.05, 0.1) is 0 Å². The van der Waals surface area contributed by atoms with Crippen molar-refractivity contribution in [3.8, 4) is 0 Å². The number of hydrogen-bond acceptors (Lipinski definition) is 1. The zero-order valence-corrected chi connectivity index (χ0v) is 8.45. The Hall–Kier alpha value is 0.700. The van der Waals surface area contributed by atoms with Crippen LogP contribution in [0.4, 0.5) is 0 Å². The molecule has 0 bridgehead atoms. The van der Waals surface area contributed by atoms with Crippen molar-refractivity contribution in [2.24, 2.45) is 0 Å². The first kappa shape index (κ1) is 9.70. The first-order chi connectivity index (χ1) is 4.35. The van der Waals surface area contributed by atoms with Crippen molar-refractivity contribution in [1.82, 2.24) is 0 Å². The van der Waals surface area contributed by atoms with Crippen LogP contribution in [0.25, 0.3) is 0 Å². The van der Waals surface area contributed by atoms with Gasteiger partial charge in [-0.15, -0.1) is 0 Å². The molecule has 0 fully saturated rings. The van der Waals surface area contributed by atoms with E-state index in [1.807, 2.05) is 0 Å².